The predicted octanol–water partition coefficient (Wildman–Crippen LogP) is 3.57. The number of benzene rings is 2. The molecule has 3 heterocycles. The lowest BCUT2D eigenvalue weighted by molar-refractivity contribution is 0.835. The second-order valence-electron chi connectivity index (χ2n) is 6.67. The fourth-order valence-electron chi connectivity index (χ4n) is 3.32. The zero-order valence-electron chi connectivity index (χ0n) is 15.4. The van der Waals surface area contributed by atoms with Crippen LogP contribution in [-0.2, 0) is 7.05 Å². The van der Waals surface area contributed by atoms with Crippen LogP contribution in [-0.4, -0.2) is 24.3 Å². The van der Waals surface area contributed by atoms with Gasteiger partial charge in [0.15, 0.2) is 11.3 Å². The molecule has 0 fully saturated rings. The van der Waals surface area contributed by atoms with Gasteiger partial charge in [-0.2, -0.15) is 10.1 Å². The molecule has 5 aromatic rings. The van der Waals surface area contributed by atoms with E-state index in [9.17, 15) is 4.79 Å². The Labute approximate surface area is 170 Å². The van der Waals surface area contributed by atoms with Crippen LogP contribution in [0.2, 0.25) is 5.02 Å². The van der Waals surface area contributed by atoms with Crippen molar-refractivity contribution in [1.29, 1.82) is 0 Å². The molecule has 0 atom stereocenters. The van der Waals surface area contributed by atoms with E-state index in [-0.39, 0.29) is 5.65 Å². The maximum atomic E-state index is 12.1. The Bertz CT molecular complexity index is 1440. The molecular formula is C21H15ClN6O. The highest BCUT2D eigenvalue weighted by Gasteiger charge is 2.18. The van der Waals surface area contributed by atoms with Gasteiger partial charge in [0, 0.05) is 23.0 Å². The van der Waals surface area contributed by atoms with E-state index in [0.717, 1.165) is 22.3 Å². The Kier molecular flexibility index (Phi) is 3.85. The van der Waals surface area contributed by atoms with Crippen LogP contribution < -0.4 is 11.4 Å². The summed E-state index contributed by atoms with van der Waals surface area (Å²) in [5, 5.41) is 6.86. The zero-order chi connectivity index (χ0) is 20.1. The van der Waals surface area contributed by atoms with E-state index in [1.54, 1.807) is 11.7 Å². The van der Waals surface area contributed by atoms with Crippen LogP contribution in [0.4, 0.5) is 5.82 Å². The number of anilines is 1. The third-order valence-corrected chi connectivity index (χ3v) is 5.13. The fourth-order valence-corrected chi connectivity index (χ4v) is 3.45. The molecule has 142 valence electrons. The van der Waals surface area contributed by atoms with E-state index < -0.39 is 5.69 Å². The maximum absolute atomic E-state index is 12.1. The molecule has 0 amide bonds. The summed E-state index contributed by atoms with van der Waals surface area (Å²) in [5.41, 5.74) is 9.09. The summed E-state index contributed by atoms with van der Waals surface area (Å²) in [6.07, 6.45) is 0. The van der Waals surface area contributed by atoms with E-state index >= 15 is 0 Å². The van der Waals surface area contributed by atoms with Crippen LogP contribution >= 0.6 is 11.6 Å². The molecule has 0 saturated carbocycles. The molecule has 7 nitrogen and oxygen atoms in total. The average molecular weight is 403 g/mol. The first-order valence-corrected chi connectivity index (χ1v) is 9.28. The van der Waals surface area contributed by atoms with Crippen molar-refractivity contribution in [3.8, 4) is 16.9 Å². The lowest BCUT2D eigenvalue weighted by atomic mass is 10.1. The van der Waals surface area contributed by atoms with Gasteiger partial charge in [-0.15, -0.1) is 0 Å². The van der Waals surface area contributed by atoms with Gasteiger partial charge in [0.25, 0.3) is 0 Å². The summed E-state index contributed by atoms with van der Waals surface area (Å²) in [4.78, 5) is 20.8. The second-order valence-corrected chi connectivity index (χ2v) is 7.11. The minimum Gasteiger partial charge on any atom is -0.384 e. The number of hydrogen-bond acceptors (Lipinski definition) is 5. The molecule has 0 spiro atoms. The van der Waals surface area contributed by atoms with Crippen LogP contribution in [0.3, 0.4) is 0 Å². The summed E-state index contributed by atoms with van der Waals surface area (Å²) in [6, 6.07) is 19.0. The van der Waals surface area contributed by atoms with Crippen molar-refractivity contribution < 1.29 is 0 Å². The zero-order valence-corrected chi connectivity index (χ0v) is 16.1. The first-order chi connectivity index (χ1) is 14.0. The van der Waals surface area contributed by atoms with Gasteiger partial charge in [-0.1, -0.05) is 41.9 Å². The number of aromatic nitrogens is 5. The molecule has 2 aromatic carbocycles. The summed E-state index contributed by atoms with van der Waals surface area (Å²) in [5.74, 6) is 0.309. The minimum absolute atomic E-state index is 0.290. The number of pyridine rings is 1. The van der Waals surface area contributed by atoms with Gasteiger partial charge >= 0.3 is 5.69 Å². The molecule has 5 rings (SSSR count). The number of nitrogen functional groups attached to an aromatic ring is 1. The quantitative estimate of drug-likeness (QED) is 0.487. The third kappa shape index (κ3) is 2.75. The number of fused-ring (bicyclic) bond motifs is 2. The highest BCUT2D eigenvalue weighted by Crippen LogP contribution is 2.32. The summed E-state index contributed by atoms with van der Waals surface area (Å²) < 4.78 is 3.05. The van der Waals surface area contributed by atoms with Gasteiger partial charge in [-0.05, 0) is 30.3 Å². The van der Waals surface area contributed by atoms with Crippen molar-refractivity contribution in [2.45, 2.75) is 0 Å². The molecule has 0 aliphatic carbocycles. The van der Waals surface area contributed by atoms with Crippen molar-refractivity contribution in [3.05, 3.63) is 76.2 Å². The van der Waals surface area contributed by atoms with Gasteiger partial charge in [-0.3, -0.25) is 4.57 Å². The van der Waals surface area contributed by atoms with Gasteiger partial charge < -0.3 is 5.73 Å². The van der Waals surface area contributed by atoms with Gasteiger partial charge in [-0.25, -0.2) is 14.5 Å². The largest absolute Gasteiger partial charge is 0.384 e. The number of nitrogens with zero attached hydrogens (tertiary/aromatic N) is 5. The Morgan fingerprint density at radius 2 is 1.69 bits per heavy atom. The van der Waals surface area contributed by atoms with E-state index in [1.807, 2.05) is 60.7 Å². The molecule has 0 radical (unpaired) electrons. The molecular weight excluding hydrogens is 388 g/mol. The maximum Gasteiger partial charge on any atom is 0.350 e. The number of nitrogens with two attached hydrogens (primary N) is 1. The van der Waals surface area contributed by atoms with Crippen molar-refractivity contribution in [2.75, 3.05) is 5.73 Å². The number of para-hydroxylation sites is 1. The SMILES string of the molecule is Cn1c(N)c2cc3c(-c4ccc(Cl)cc4)nn(-c4ccccc4)c3nc2nc1=O. The number of rotatable bonds is 2. The molecule has 0 saturated heterocycles. The number of halogens is 1. The summed E-state index contributed by atoms with van der Waals surface area (Å²) in [6.45, 7) is 0. The second kappa shape index (κ2) is 6.42. The van der Waals surface area contributed by atoms with Crippen molar-refractivity contribution >= 4 is 39.5 Å². The lowest BCUT2D eigenvalue weighted by Crippen LogP contribution is -2.23. The Balaban J connectivity index is 1.91. The highest BCUT2D eigenvalue weighted by molar-refractivity contribution is 6.30. The molecule has 0 bridgehead atoms. The van der Waals surface area contributed by atoms with E-state index in [0.29, 0.717) is 21.9 Å². The molecule has 29 heavy (non-hydrogen) atoms. The Morgan fingerprint density at radius 3 is 2.41 bits per heavy atom. The van der Waals surface area contributed by atoms with E-state index in [1.165, 1.54) is 4.57 Å². The lowest BCUT2D eigenvalue weighted by Gasteiger charge is -2.07. The summed E-state index contributed by atoms with van der Waals surface area (Å²) in [7, 11) is 1.59. The van der Waals surface area contributed by atoms with Crippen molar-refractivity contribution in [3.63, 3.8) is 0 Å². The molecule has 0 unspecified atom stereocenters. The average Bonchev–Trinajstić information content (AvgIpc) is 3.11. The molecule has 2 N–H and O–H groups in total. The van der Waals surface area contributed by atoms with E-state index in [2.05, 4.69) is 9.97 Å². The summed E-state index contributed by atoms with van der Waals surface area (Å²) >= 11 is 6.05. The van der Waals surface area contributed by atoms with Gasteiger partial charge in [0.1, 0.15) is 11.5 Å². The molecule has 3 aromatic heterocycles. The fraction of sp³-hybridized carbons (Fsp3) is 0.0476. The standard InChI is InChI=1S/C21H15ClN6O/c1-27-18(23)16-11-15-17(12-7-9-13(22)10-8-12)26-28(14-5-3-2-4-6-14)20(15)24-19(16)25-21(27)29/h2-11H,23H2,1H3. The number of hydrogen-bond donors (Lipinski definition) is 1. The monoisotopic (exact) mass is 402 g/mol. The minimum atomic E-state index is -0.453. The van der Waals surface area contributed by atoms with Gasteiger partial charge in [0.05, 0.1) is 11.1 Å². The molecule has 0 aliphatic rings. The Morgan fingerprint density at radius 1 is 0.966 bits per heavy atom. The van der Waals surface area contributed by atoms with Crippen LogP contribution in [0.15, 0.2) is 65.5 Å². The third-order valence-electron chi connectivity index (χ3n) is 4.88. The first kappa shape index (κ1) is 17.4. The Hall–Kier alpha value is -3.71. The van der Waals surface area contributed by atoms with Crippen LogP contribution in [0.25, 0.3) is 39.0 Å². The molecule has 8 heteroatoms. The van der Waals surface area contributed by atoms with Crippen LogP contribution in [0.1, 0.15) is 0 Å². The van der Waals surface area contributed by atoms with Gasteiger partial charge in [0.2, 0.25) is 0 Å². The van der Waals surface area contributed by atoms with Crippen LogP contribution in [0.5, 0.6) is 0 Å². The molecule has 0 aliphatic heterocycles. The van der Waals surface area contributed by atoms with E-state index in [4.69, 9.17) is 22.4 Å². The topological polar surface area (TPSA) is 91.6 Å². The van der Waals surface area contributed by atoms with Crippen molar-refractivity contribution in [2.24, 2.45) is 7.05 Å². The first-order valence-electron chi connectivity index (χ1n) is 8.90. The van der Waals surface area contributed by atoms with Crippen molar-refractivity contribution in [1.82, 2.24) is 24.3 Å². The smallest absolute Gasteiger partial charge is 0.350 e. The predicted molar refractivity (Wildman–Crippen MR) is 114 cm³/mol. The normalized spacial score (nSPS) is 11.4. The highest BCUT2D eigenvalue weighted by atomic mass is 35.5. The van der Waals surface area contributed by atoms with Crippen LogP contribution in [0, 0.1) is 0 Å².